The molecule has 1 aliphatic rings. The molecule has 0 heterocycles. The lowest BCUT2D eigenvalue weighted by Crippen LogP contribution is -2.18. The maximum atomic E-state index is 12.6. The third-order valence-corrected chi connectivity index (χ3v) is 6.98. The molecule has 4 aromatic rings. The fraction of sp³-hybridized carbons (Fsp3) is 0.143. The summed E-state index contributed by atoms with van der Waals surface area (Å²) in [5.41, 5.74) is 7.55. The molecule has 206 valence electrons. The average Bonchev–Trinajstić information content (AvgIpc) is 3.03. The van der Waals surface area contributed by atoms with Crippen LogP contribution in [0.15, 0.2) is 107 Å². The summed E-state index contributed by atoms with van der Waals surface area (Å²) in [6.07, 6.45) is 3.42. The van der Waals surface area contributed by atoms with Crippen molar-refractivity contribution >= 4 is 31.1 Å². The number of ether oxygens (including phenoxy) is 2. The second-order valence-electron chi connectivity index (χ2n) is 9.32. The van der Waals surface area contributed by atoms with E-state index < -0.39 is 0 Å². The van der Waals surface area contributed by atoms with E-state index in [1.807, 2.05) is 67.5 Å². The zero-order valence-electron chi connectivity index (χ0n) is 23.2. The van der Waals surface area contributed by atoms with Crippen molar-refractivity contribution in [2.24, 2.45) is 9.98 Å². The molecular formula is C35H32N2O4. The number of hydrogen-bond acceptors (Lipinski definition) is 6. The molecule has 0 amide bonds. The number of rotatable bonds is 9. The Morgan fingerprint density at radius 2 is 1.29 bits per heavy atom. The van der Waals surface area contributed by atoms with Crippen molar-refractivity contribution < 1.29 is 19.1 Å². The smallest absolute Gasteiger partial charge is 0.204 e. The number of fused-ring (bicyclic) bond motifs is 1. The molecule has 0 saturated heterocycles. The van der Waals surface area contributed by atoms with Crippen LogP contribution < -0.4 is 9.47 Å². The lowest BCUT2D eigenvalue weighted by Gasteiger charge is -2.22. The molecule has 0 N–H and O–H groups in total. The van der Waals surface area contributed by atoms with Crippen LogP contribution in [0.4, 0.5) is 0 Å². The SMILES string of the molecule is C=NCc1ccc(C(c2ccccc2)c2ccc(CN=C3C(=O)C=Cc4ccccc43)c(OC)c2)cc1OC.C=O. The minimum absolute atomic E-state index is 0.0444. The van der Waals surface area contributed by atoms with Gasteiger partial charge in [0, 0.05) is 22.6 Å². The van der Waals surface area contributed by atoms with Crippen LogP contribution in [0.3, 0.4) is 0 Å². The minimum atomic E-state index is -0.0857. The number of carbonyl (C=O) groups excluding carboxylic acids is 2. The molecule has 5 rings (SSSR count). The number of methoxy groups -OCH3 is 2. The lowest BCUT2D eigenvalue weighted by atomic mass is 9.84. The van der Waals surface area contributed by atoms with E-state index in [1.165, 1.54) is 0 Å². The molecule has 0 fully saturated rings. The normalized spacial score (nSPS) is 13.5. The number of nitrogens with zero attached hydrogens (tertiary/aromatic N) is 2. The standard InChI is InChI=1S/C34H30N2O3.CH2O/c1-35-21-27-15-13-25(19-31(27)38-2)33(24-10-5-4-6-11-24)26-14-16-28(32(20-26)39-3)22-36-34-29-12-8-7-9-23(29)17-18-30(34)37;1-2/h4-20,33H,1,21-22H2,2-3H3;1H2. The van der Waals surface area contributed by atoms with Gasteiger partial charge in [0.1, 0.15) is 24.0 Å². The van der Waals surface area contributed by atoms with E-state index in [-0.39, 0.29) is 11.7 Å². The molecular weight excluding hydrogens is 512 g/mol. The Balaban J connectivity index is 0.00000189. The summed E-state index contributed by atoms with van der Waals surface area (Å²) < 4.78 is 11.5. The second-order valence-corrected chi connectivity index (χ2v) is 9.32. The van der Waals surface area contributed by atoms with Crippen LogP contribution in [0.25, 0.3) is 6.08 Å². The van der Waals surface area contributed by atoms with Crippen molar-refractivity contribution in [3.8, 4) is 11.5 Å². The highest BCUT2D eigenvalue weighted by molar-refractivity contribution is 6.52. The molecule has 6 nitrogen and oxygen atoms in total. The summed E-state index contributed by atoms with van der Waals surface area (Å²) in [4.78, 5) is 29.4. The average molecular weight is 545 g/mol. The van der Waals surface area contributed by atoms with Gasteiger partial charge < -0.3 is 14.3 Å². The Morgan fingerprint density at radius 3 is 1.90 bits per heavy atom. The summed E-state index contributed by atoms with van der Waals surface area (Å²) in [7, 11) is 3.34. The van der Waals surface area contributed by atoms with Gasteiger partial charge in [-0.1, -0.05) is 84.9 Å². The van der Waals surface area contributed by atoms with E-state index in [2.05, 4.69) is 48.1 Å². The maximum Gasteiger partial charge on any atom is 0.204 e. The molecule has 0 bridgehead atoms. The molecule has 0 aromatic heterocycles. The molecule has 1 aliphatic carbocycles. The molecule has 1 unspecified atom stereocenters. The molecule has 4 aromatic carbocycles. The molecule has 0 aliphatic heterocycles. The summed E-state index contributed by atoms with van der Waals surface area (Å²) in [6.45, 7) is 6.45. The minimum Gasteiger partial charge on any atom is -0.496 e. The highest BCUT2D eigenvalue weighted by atomic mass is 16.5. The van der Waals surface area contributed by atoms with Crippen LogP contribution >= 0.6 is 0 Å². The number of carbonyl (C=O) groups is 2. The maximum absolute atomic E-state index is 12.6. The number of hydrogen-bond donors (Lipinski definition) is 0. The van der Waals surface area contributed by atoms with Crippen LogP contribution in [0.5, 0.6) is 11.5 Å². The van der Waals surface area contributed by atoms with Crippen LogP contribution in [-0.4, -0.2) is 39.2 Å². The van der Waals surface area contributed by atoms with E-state index in [0.29, 0.717) is 18.8 Å². The first-order valence-electron chi connectivity index (χ1n) is 13.1. The van der Waals surface area contributed by atoms with E-state index in [1.54, 1.807) is 20.3 Å². The molecule has 6 heteroatoms. The van der Waals surface area contributed by atoms with E-state index in [4.69, 9.17) is 19.3 Å². The number of aliphatic imine (C=N–C) groups is 2. The Bertz CT molecular complexity index is 1590. The van der Waals surface area contributed by atoms with Crippen LogP contribution in [0.2, 0.25) is 0 Å². The van der Waals surface area contributed by atoms with Crippen molar-refractivity contribution in [1.29, 1.82) is 0 Å². The van der Waals surface area contributed by atoms with Gasteiger partial charge in [0.2, 0.25) is 5.78 Å². The topological polar surface area (TPSA) is 77.3 Å². The number of ketones is 1. The van der Waals surface area contributed by atoms with Crippen molar-refractivity contribution in [2.45, 2.75) is 19.0 Å². The van der Waals surface area contributed by atoms with Crippen molar-refractivity contribution in [1.82, 2.24) is 0 Å². The Hall–Kier alpha value is -5.10. The van der Waals surface area contributed by atoms with Gasteiger partial charge in [0.15, 0.2) is 0 Å². The van der Waals surface area contributed by atoms with Gasteiger partial charge in [-0.25, -0.2) is 0 Å². The first-order chi connectivity index (χ1) is 20.1. The largest absolute Gasteiger partial charge is 0.496 e. The third-order valence-electron chi connectivity index (χ3n) is 6.98. The van der Waals surface area contributed by atoms with Crippen molar-refractivity contribution in [3.05, 3.63) is 136 Å². The molecule has 0 spiro atoms. The first-order valence-corrected chi connectivity index (χ1v) is 13.1. The van der Waals surface area contributed by atoms with Crippen LogP contribution in [0, 0.1) is 0 Å². The second kappa shape index (κ2) is 13.8. The van der Waals surface area contributed by atoms with Crippen LogP contribution in [0.1, 0.15) is 44.9 Å². The van der Waals surface area contributed by atoms with Crippen LogP contribution in [-0.2, 0) is 22.7 Å². The highest BCUT2D eigenvalue weighted by Crippen LogP contribution is 2.37. The predicted molar refractivity (Wildman–Crippen MR) is 164 cm³/mol. The molecule has 41 heavy (non-hydrogen) atoms. The number of allylic oxidation sites excluding steroid dienone is 1. The molecule has 0 radical (unpaired) electrons. The summed E-state index contributed by atoms with van der Waals surface area (Å²) in [6, 6.07) is 30.6. The summed E-state index contributed by atoms with van der Waals surface area (Å²) in [5, 5.41) is 0. The fourth-order valence-electron chi connectivity index (χ4n) is 5.05. The van der Waals surface area contributed by atoms with Gasteiger partial charge in [0.25, 0.3) is 0 Å². The van der Waals surface area contributed by atoms with Gasteiger partial charge in [-0.05, 0) is 47.2 Å². The Labute approximate surface area is 240 Å². The van der Waals surface area contributed by atoms with Crippen molar-refractivity contribution in [3.63, 3.8) is 0 Å². The Morgan fingerprint density at radius 1 is 0.707 bits per heavy atom. The fourth-order valence-corrected chi connectivity index (χ4v) is 5.05. The quantitative estimate of drug-likeness (QED) is 0.178. The van der Waals surface area contributed by atoms with Gasteiger partial charge >= 0.3 is 0 Å². The predicted octanol–water partition coefficient (Wildman–Crippen LogP) is 6.48. The van der Waals surface area contributed by atoms with Crippen molar-refractivity contribution in [2.75, 3.05) is 14.2 Å². The number of benzene rings is 4. The zero-order valence-corrected chi connectivity index (χ0v) is 23.2. The van der Waals surface area contributed by atoms with Gasteiger partial charge in [-0.3, -0.25) is 14.8 Å². The van der Waals surface area contributed by atoms with Gasteiger partial charge in [-0.15, -0.1) is 0 Å². The lowest BCUT2D eigenvalue weighted by molar-refractivity contribution is -0.108. The highest BCUT2D eigenvalue weighted by Gasteiger charge is 2.21. The van der Waals surface area contributed by atoms with E-state index in [9.17, 15) is 4.79 Å². The molecule has 0 saturated carbocycles. The van der Waals surface area contributed by atoms with E-state index >= 15 is 0 Å². The molecule has 1 atom stereocenters. The third kappa shape index (κ3) is 6.39. The monoisotopic (exact) mass is 544 g/mol. The summed E-state index contributed by atoms with van der Waals surface area (Å²) in [5.74, 6) is 1.38. The van der Waals surface area contributed by atoms with Gasteiger partial charge in [0.05, 0.1) is 27.3 Å². The first kappa shape index (κ1) is 28.9. The Kier molecular flexibility index (Phi) is 9.73. The zero-order chi connectivity index (χ0) is 29.2. The van der Waals surface area contributed by atoms with E-state index in [0.717, 1.165) is 50.4 Å². The summed E-state index contributed by atoms with van der Waals surface area (Å²) >= 11 is 0. The van der Waals surface area contributed by atoms with Gasteiger partial charge in [-0.2, -0.15) is 0 Å².